The van der Waals surface area contributed by atoms with Crippen LogP contribution in [0.3, 0.4) is 0 Å². The highest BCUT2D eigenvalue weighted by molar-refractivity contribution is 6.39. The van der Waals surface area contributed by atoms with Gasteiger partial charge in [0.05, 0.1) is 12.2 Å². The molecule has 0 fully saturated rings. The number of nitrogens with one attached hydrogen (secondary N) is 3. The fourth-order valence-electron chi connectivity index (χ4n) is 2.28. The molecule has 1 aromatic heterocycles. The smallest absolute Gasteiger partial charge is 0.313 e. The first kappa shape index (κ1) is 18.2. The normalized spacial score (nSPS) is 10.2. The Labute approximate surface area is 145 Å². The van der Waals surface area contributed by atoms with Crippen molar-refractivity contribution in [3.05, 3.63) is 41.7 Å². The Morgan fingerprint density at radius 2 is 1.60 bits per heavy atom. The van der Waals surface area contributed by atoms with Gasteiger partial charge in [-0.3, -0.25) is 19.1 Å². The summed E-state index contributed by atoms with van der Waals surface area (Å²) in [6, 6.07) is 8.42. The number of benzene rings is 1. The molecule has 0 bridgehead atoms. The number of anilines is 2. The minimum atomic E-state index is -0.749. The van der Waals surface area contributed by atoms with Crippen molar-refractivity contribution in [1.29, 1.82) is 0 Å². The SMILES string of the molecule is CC(=O)Nc1ccc(NC(=O)C(=O)NCCn2nc(C)cc2C)cc1. The molecule has 0 aliphatic carbocycles. The lowest BCUT2D eigenvalue weighted by Gasteiger charge is -2.08. The van der Waals surface area contributed by atoms with Gasteiger partial charge in [-0.25, -0.2) is 0 Å². The number of aromatic nitrogens is 2. The van der Waals surface area contributed by atoms with E-state index in [2.05, 4.69) is 21.0 Å². The number of amides is 3. The van der Waals surface area contributed by atoms with Crippen LogP contribution in [0.5, 0.6) is 0 Å². The van der Waals surface area contributed by atoms with Gasteiger partial charge in [0.2, 0.25) is 5.91 Å². The Kier molecular flexibility index (Phi) is 5.89. The van der Waals surface area contributed by atoms with E-state index >= 15 is 0 Å². The fraction of sp³-hybridized carbons (Fsp3) is 0.294. The zero-order chi connectivity index (χ0) is 18.4. The van der Waals surface area contributed by atoms with Crippen molar-refractivity contribution >= 4 is 29.1 Å². The van der Waals surface area contributed by atoms with Crippen molar-refractivity contribution in [2.75, 3.05) is 17.2 Å². The molecule has 2 aromatic rings. The van der Waals surface area contributed by atoms with Gasteiger partial charge in [-0.05, 0) is 44.2 Å². The van der Waals surface area contributed by atoms with E-state index in [0.29, 0.717) is 24.5 Å². The van der Waals surface area contributed by atoms with Gasteiger partial charge in [-0.15, -0.1) is 0 Å². The van der Waals surface area contributed by atoms with Crippen molar-refractivity contribution in [2.24, 2.45) is 0 Å². The summed E-state index contributed by atoms with van der Waals surface area (Å²) in [5.41, 5.74) is 2.98. The molecule has 2 rings (SSSR count). The molecule has 0 radical (unpaired) electrons. The van der Waals surface area contributed by atoms with E-state index in [1.54, 1.807) is 28.9 Å². The maximum Gasteiger partial charge on any atom is 0.313 e. The van der Waals surface area contributed by atoms with Crippen molar-refractivity contribution < 1.29 is 14.4 Å². The van der Waals surface area contributed by atoms with Crippen molar-refractivity contribution in [2.45, 2.75) is 27.3 Å². The second-order valence-corrected chi connectivity index (χ2v) is 5.62. The van der Waals surface area contributed by atoms with Gasteiger partial charge in [0, 0.05) is 30.5 Å². The topological polar surface area (TPSA) is 105 Å². The van der Waals surface area contributed by atoms with Crippen molar-refractivity contribution in [3.63, 3.8) is 0 Å². The van der Waals surface area contributed by atoms with E-state index in [1.165, 1.54) is 6.92 Å². The summed E-state index contributed by atoms with van der Waals surface area (Å²) >= 11 is 0. The second kappa shape index (κ2) is 8.09. The molecular weight excluding hydrogens is 322 g/mol. The third-order valence-corrected chi connectivity index (χ3v) is 3.38. The highest BCUT2D eigenvalue weighted by atomic mass is 16.2. The van der Waals surface area contributed by atoms with E-state index in [1.807, 2.05) is 19.9 Å². The lowest BCUT2D eigenvalue weighted by molar-refractivity contribution is -0.136. The highest BCUT2D eigenvalue weighted by Crippen LogP contribution is 2.13. The zero-order valence-corrected chi connectivity index (χ0v) is 14.4. The number of rotatable bonds is 5. The zero-order valence-electron chi connectivity index (χ0n) is 14.4. The van der Waals surface area contributed by atoms with Crippen molar-refractivity contribution in [3.8, 4) is 0 Å². The summed E-state index contributed by atoms with van der Waals surface area (Å²) < 4.78 is 1.77. The molecule has 1 aromatic carbocycles. The van der Waals surface area contributed by atoms with Crippen LogP contribution in [0.1, 0.15) is 18.3 Å². The monoisotopic (exact) mass is 343 g/mol. The Bertz CT molecular complexity index is 780. The number of carbonyl (C=O) groups is 3. The third kappa shape index (κ3) is 5.45. The van der Waals surface area contributed by atoms with Crippen LogP contribution >= 0.6 is 0 Å². The molecule has 1 heterocycles. The summed E-state index contributed by atoms with van der Waals surface area (Å²) in [6.45, 7) is 6.03. The van der Waals surface area contributed by atoms with Crippen LogP contribution < -0.4 is 16.0 Å². The third-order valence-electron chi connectivity index (χ3n) is 3.38. The fourth-order valence-corrected chi connectivity index (χ4v) is 2.28. The van der Waals surface area contributed by atoms with Crippen LogP contribution in [0.4, 0.5) is 11.4 Å². The molecule has 8 nitrogen and oxygen atoms in total. The van der Waals surface area contributed by atoms with Crippen LogP contribution in [-0.2, 0) is 20.9 Å². The van der Waals surface area contributed by atoms with Gasteiger partial charge in [-0.1, -0.05) is 0 Å². The average Bonchev–Trinajstić information content (AvgIpc) is 2.86. The predicted molar refractivity (Wildman–Crippen MR) is 94.1 cm³/mol. The molecule has 3 N–H and O–H groups in total. The number of hydrogen-bond donors (Lipinski definition) is 3. The molecule has 3 amide bonds. The van der Waals surface area contributed by atoms with Crippen LogP contribution in [-0.4, -0.2) is 34.0 Å². The minimum Gasteiger partial charge on any atom is -0.346 e. The molecule has 0 saturated carbocycles. The summed E-state index contributed by atoms with van der Waals surface area (Å²) in [6.07, 6.45) is 0. The Balaban J connectivity index is 1.80. The Morgan fingerprint density at radius 3 is 2.12 bits per heavy atom. The first-order chi connectivity index (χ1) is 11.8. The maximum absolute atomic E-state index is 11.9. The van der Waals surface area contributed by atoms with Crippen LogP contribution in [0.25, 0.3) is 0 Å². The summed E-state index contributed by atoms with van der Waals surface area (Å²) in [5.74, 6) is -1.65. The van der Waals surface area contributed by atoms with E-state index in [-0.39, 0.29) is 5.91 Å². The van der Waals surface area contributed by atoms with Gasteiger partial charge in [0.15, 0.2) is 0 Å². The number of nitrogens with zero attached hydrogens (tertiary/aromatic N) is 2. The first-order valence-electron chi connectivity index (χ1n) is 7.83. The van der Waals surface area contributed by atoms with E-state index in [9.17, 15) is 14.4 Å². The lowest BCUT2D eigenvalue weighted by Crippen LogP contribution is -2.37. The summed E-state index contributed by atoms with van der Waals surface area (Å²) in [5, 5.41) is 12.0. The average molecular weight is 343 g/mol. The number of hydrogen-bond acceptors (Lipinski definition) is 4. The lowest BCUT2D eigenvalue weighted by atomic mass is 10.2. The predicted octanol–water partition coefficient (Wildman–Crippen LogP) is 1.21. The molecule has 0 saturated heterocycles. The summed E-state index contributed by atoms with van der Waals surface area (Å²) in [7, 11) is 0. The van der Waals surface area contributed by atoms with E-state index in [0.717, 1.165) is 11.4 Å². The second-order valence-electron chi connectivity index (χ2n) is 5.62. The molecule has 8 heteroatoms. The van der Waals surface area contributed by atoms with Gasteiger partial charge >= 0.3 is 11.8 Å². The Morgan fingerprint density at radius 1 is 1.00 bits per heavy atom. The maximum atomic E-state index is 11.9. The molecule has 0 spiro atoms. The van der Waals surface area contributed by atoms with E-state index < -0.39 is 11.8 Å². The molecular formula is C17H21N5O3. The molecule has 0 aliphatic heterocycles. The number of carbonyl (C=O) groups excluding carboxylic acids is 3. The molecule has 0 atom stereocenters. The van der Waals surface area contributed by atoms with Crippen molar-refractivity contribution in [1.82, 2.24) is 15.1 Å². The van der Waals surface area contributed by atoms with Gasteiger partial charge in [-0.2, -0.15) is 5.10 Å². The first-order valence-corrected chi connectivity index (χ1v) is 7.83. The van der Waals surface area contributed by atoms with Gasteiger partial charge in [0.1, 0.15) is 0 Å². The molecule has 0 unspecified atom stereocenters. The molecule has 25 heavy (non-hydrogen) atoms. The van der Waals surface area contributed by atoms with Crippen LogP contribution in [0, 0.1) is 13.8 Å². The highest BCUT2D eigenvalue weighted by Gasteiger charge is 2.13. The quantitative estimate of drug-likeness (QED) is 0.710. The standard InChI is InChI=1S/C17H21N5O3/c1-11-10-12(2)22(21-11)9-8-18-16(24)17(25)20-15-6-4-14(5-7-15)19-13(3)23/h4-7,10H,8-9H2,1-3H3,(H,18,24)(H,19,23)(H,20,25). The number of aryl methyl sites for hydroxylation is 2. The largest absolute Gasteiger partial charge is 0.346 e. The molecule has 132 valence electrons. The molecule has 0 aliphatic rings. The Hall–Kier alpha value is -3.16. The van der Waals surface area contributed by atoms with E-state index in [4.69, 9.17) is 0 Å². The van der Waals surface area contributed by atoms with Gasteiger partial charge < -0.3 is 16.0 Å². The van der Waals surface area contributed by atoms with Gasteiger partial charge in [0.25, 0.3) is 0 Å². The van der Waals surface area contributed by atoms with Crippen LogP contribution in [0.2, 0.25) is 0 Å². The van der Waals surface area contributed by atoms with Crippen LogP contribution in [0.15, 0.2) is 30.3 Å². The summed E-state index contributed by atoms with van der Waals surface area (Å²) in [4.78, 5) is 34.7. The minimum absolute atomic E-state index is 0.182.